The summed E-state index contributed by atoms with van der Waals surface area (Å²) < 4.78 is 29.7. The fraction of sp³-hybridized carbons (Fsp3) is 0.333. The highest BCUT2D eigenvalue weighted by molar-refractivity contribution is 7.95. The number of hydrogen-bond acceptors (Lipinski definition) is 5. The van der Waals surface area contributed by atoms with Gasteiger partial charge in [0.25, 0.3) is 0 Å². The molecule has 1 unspecified atom stereocenters. The number of sulfone groups is 1. The van der Waals surface area contributed by atoms with Crippen LogP contribution in [-0.2, 0) is 19.4 Å². The normalized spacial score (nSPS) is 21.7. The van der Waals surface area contributed by atoms with E-state index in [4.69, 9.17) is 9.84 Å². The van der Waals surface area contributed by atoms with Gasteiger partial charge in [-0.25, -0.2) is 18.0 Å². The predicted octanol–water partition coefficient (Wildman–Crippen LogP) is 1.50. The van der Waals surface area contributed by atoms with Crippen molar-refractivity contribution in [2.24, 2.45) is 0 Å². The van der Waals surface area contributed by atoms with Crippen LogP contribution in [0.1, 0.15) is 18.4 Å². The summed E-state index contributed by atoms with van der Waals surface area (Å²) in [7, 11) is -3.65. The minimum atomic E-state index is -3.65. The van der Waals surface area contributed by atoms with E-state index in [1.165, 1.54) is 12.1 Å². The van der Waals surface area contributed by atoms with Gasteiger partial charge >= 0.3 is 12.1 Å². The first-order valence-electron chi connectivity index (χ1n) is 7.12. The number of carboxylic acids is 1. The molecular weight excluding hydrogens is 322 g/mol. The zero-order valence-electron chi connectivity index (χ0n) is 12.1. The van der Waals surface area contributed by atoms with Crippen molar-refractivity contribution >= 4 is 28.0 Å². The van der Waals surface area contributed by atoms with Gasteiger partial charge in [0.2, 0.25) is 9.84 Å². The molecule has 1 aromatic rings. The molecule has 0 aromatic heterocycles. The summed E-state index contributed by atoms with van der Waals surface area (Å²) in [4.78, 5) is 24.4. The Balaban J connectivity index is 1.70. The van der Waals surface area contributed by atoms with Crippen molar-refractivity contribution in [3.05, 3.63) is 34.7 Å². The van der Waals surface area contributed by atoms with Gasteiger partial charge in [-0.05, 0) is 30.5 Å². The zero-order chi connectivity index (χ0) is 16.6. The summed E-state index contributed by atoms with van der Waals surface area (Å²) in [6.07, 6.45) is 1.62. The van der Waals surface area contributed by atoms with Crippen molar-refractivity contribution < 1.29 is 27.9 Å². The Morgan fingerprint density at radius 2 is 2.04 bits per heavy atom. The van der Waals surface area contributed by atoms with Gasteiger partial charge in [0.1, 0.15) is 12.6 Å². The van der Waals surface area contributed by atoms with E-state index in [9.17, 15) is 18.0 Å². The maximum Gasteiger partial charge on any atom is 0.410 e. The van der Waals surface area contributed by atoms with Crippen molar-refractivity contribution in [2.45, 2.75) is 23.8 Å². The average Bonchev–Trinajstić information content (AvgIpc) is 3.09. The molecule has 1 atom stereocenters. The van der Waals surface area contributed by atoms with Crippen LogP contribution in [0.3, 0.4) is 0 Å². The number of nitrogens with zero attached hydrogens (tertiary/aromatic N) is 1. The Bertz CT molecular complexity index is 798. The molecular formula is C15H15NO6S. The van der Waals surface area contributed by atoms with Gasteiger partial charge < -0.3 is 9.84 Å². The second-order valence-electron chi connectivity index (χ2n) is 5.40. The van der Waals surface area contributed by atoms with Crippen LogP contribution < -0.4 is 0 Å². The molecule has 1 N–H and O–H groups in total. The molecule has 2 aliphatic rings. The van der Waals surface area contributed by atoms with Crippen molar-refractivity contribution in [1.82, 2.24) is 4.90 Å². The van der Waals surface area contributed by atoms with Gasteiger partial charge in [-0.2, -0.15) is 0 Å². The molecule has 8 heteroatoms. The van der Waals surface area contributed by atoms with E-state index in [1.54, 1.807) is 18.2 Å². The van der Waals surface area contributed by atoms with E-state index in [-0.39, 0.29) is 9.80 Å². The summed E-state index contributed by atoms with van der Waals surface area (Å²) in [5.74, 6) is -1.08. The van der Waals surface area contributed by atoms with Crippen LogP contribution in [-0.4, -0.2) is 49.7 Å². The Morgan fingerprint density at radius 1 is 1.30 bits per heavy atom. The Kier molecular flexibility index (Phi) is 3.85. The van der Waals surface area contributed by atoms with Crippen molar-refractivity contribution in [3.8, 4) is 0 Å². The maximum absolute atomic E-state index is 12.3. The van der Waals surface area contributed by atoms with Crippen LogP contribution in [0.15, 0.2) is 34.1 Å². The van der Waals surface area contributed by atoms with Crippen molar-refractivity contribution in [2.75, 3.05) is 13.2 Å². The predicted molar refractivity (Wildman–Crippen MR) is 80.3 cm³/mol. The highest BCUT2D eigenvalue weighted by Gasteiger charge is 2.36. The smallest absolute Gasteiger partial charge is 0.410 e. The van der Waals surface area contributed by atoms with E-state index < -0.39 is 34.5 Å². The Labute approximate surface area is 133 Å². The first-order valence-corrected chi connectivity index (χ1v) is 8.60. The van der Waals surface area contributed by atoms with Crippen LogP contribution >= 0.6 is 0 Å². The molecule has 23 heavy (non-hydrogen) atoms. The summed E-state index contributed by atoms with van der Waals surface area (Å²) in [5, 5.41) is 9.06. The summed E-state index contributed by atoms with van der Waals surface area (Å²) in [6.45, 7) is -0.111. The summed E-state index contributed by atoms with van der Waals surface area (Å²) in [6, 6.07) is 5.61. The van der Waals surface area contributed by atoms with E-state index in [2.05, 4.69) is 0 Å². The quantitative estimate of drug-likeness (QED) is 0.897. The minimum absolute atomic E-state index is 0.00174. The molecule has 0 radical (unpaired) electrons. The lowest BCUT2D eigenvalue weighted by Gasteiger charge is -2.20. The zero-order valence-corrected chi connectivity index (χ0v) is 13.0. The van der Waals surface area contributed by atoms with Crippen LogP contribution in [0.5, 0.6) is 0 Å². The lowest BCUT2D eigenvalue weighted by molar-refractivity contribution is -0.141. The maximum atomic E-state index is 12.3. The standard InChI is InChI=1S/C15H15NO6S/c17-14(18)12-5-3-7-16(12)15(19)22-9-11-8-10-4-1-2-6-13(10)23(11,20)21/h1-2,4,6,8,12H,3,5,7,9H2,(H,17,18). The SMILES string of the molecule is O=C(O)C1CCCN1C(=O)OCC1=Cc2ccccc2S1(=O)=O. The van der Waals surface area contributed by atoms with Gasteiger partial charge in [0.05, 0.1) is 9.80 Å². The lowest BCUT2D eigenvalue weighted by Crippen LogP contribution is -2.41. The molecule has 7 nitrogen and oxygen atoms in total. The average molecular weight is 337 g/mol. The first-order chi connectivity index (χ1) is 10.9. The highest BCUT2D eigenvalue weighted by atomic mass is 32.2. The first kappa shape index (κ1) is 15.5. The highest BCUT2D eigenvalue weighted by Crippen LogP contribution is 2.32. The third-order valence-electron chi connectivity index (χ3n) is 3.98. The number of carbonyl (C=O) groups is 2. The second kappa shape index (κ2) is 5.69. The Hall–Kier alpha value is -2.35. The van der Waals surface area contributed by atoms with E-state index in [0.717, 1.165) is 4.90 Å². The molecule has 1 saturated heterocycles. The topological polar surface area (TPSA) is 101 Å². The molecule has 1 amide bonds. The number of hydrogen-bond donors (Lipinski definition) is 1. The second-order valence-corrected chi connectivity index (χ2v) is 7.37. The Morgan fingerprint density at radius 3 is 2.74 bits per heavy atom. The molecule has 2 heterocycles. The van der Waals surface area contributed by atoms with Crippen molar-refractivity contribution in [3.63, 3.8) is 0 Å². The molecule has 0 saturated carbocycles. The molecule has 1 aromatic carbocycles. The molecule has 0 bridgehead atoms. The van der Waals surface area contributed by atoms with Gasteiger partial charge in [0, 0.05) is 6.54 Å². The molecule has 3 rings (SSSR count). The monoisotopic (exact) mass is 337 g/mol. The molecule has 122 valence electrons. The number of carboxylic acid groups (broad SMARTS) is 1. The van der Waals surface area contributed by atoms with Crippen LogP contribution in [0.25, 0.3) is 6.08 Å². The fourth-order valence-corrected chi connectivity index (χ4v) is 4.29. The number of fused-ring (bicyclic) bond motifs is 1. The van der Waals surface area contributed by atoms with Gasteiger partial charge in [-0.1, -0.05) is 18.2 Å². The van der Waals surface area contributed by atoms with Gasteiger partial charge in [-0.15, -0.1) is 0 Å². The third kappa shape index (κ3) is 2.70. The van der Waals surface area contributed by atoms with Crippen molar-refractivity contribution in [1.29, 1.82) is 0 Å². The van der Waals surface area contributed by atoms with E-state index in [1.807, 2.05) is 0 Å². The number of likely N-dealkylation sites (tertiary alicyclic amines) is 1. The fourth-order valence-electron chi connectivity index (χ4n) is 2.81. The summed E-state index contributed by atoms with van der Waals surface area (Å²) in [5.41, 5.74) is 0.558. The molecule has 0 aliphatic carbocycles. The number of aliphatic carboxylic acids is 1. The minimum Gasteiger partial charge on any atom is -0.480 e. The number of rotatable bonds is 3. The molecule has 2 aliphatic heterocycles. The van der Waals surface area contributed by atoms with Crippen LogP contribution in [0.2, 0.25) is 0 Å². The lowest BCUT2D eigenvalue weighted by atomic mass is 10.2. The largest absolute Gasteiger partial charge is 0.480 e. The van der Waals surface area contributed by atoms with Gasteiger partial charge in [-0.3, -0.25) is 4.90 Å². The third-order valence-corrected chi connectivity index (χ3v) is 5.86. The van der Waals surface area contributed by atoms with E-state index >= 15 is 0 Å². The van der Waals surface area contributed by atoms with Gasteiger partial charge in [0.15, 0.2) is 0 Å². The number of carbonyl (C=O) groups excluding carboxylic acids is 1. The molecule has 1 fully saturated rings. The number of amides is 1. The number of benzene rings is 1. The van der Waals surface area contributed by atoms with Crippen LogP contribution in [0.4, 0.5) is 4.79 Å². The molecule has 0 spiro atoms. The van der Waals surface area contributed by atoms with E-state index in [0.29, 0.717) is 24.9 Å². The number of ether oxygens (including phenoxy) is 1. The van der Waals surface area contributed by atoms with Crippen LogP contribution in [0, 0.1) is 0 Å². The summed E-state index contributed by atoms with van der Waals surface area (Å²) >= 11 is 0.